The van der Waals surface area contributed by atoms with Crippen molar-refractivity contribution in [3.8, 4) is 0 Å². The van der Waals surface area contributed by atoms with Crippen LogP contribution in [0.15, 0.2) is 109 Å². The van der Waals surface area contributed by atoms with E-state index in [1.54, 1.807) is 0 Å². The van der Waals surface area contributed by atoms with Crippen LogP contribution in [-0.4, -0.2) is 69.4 Å². The summed E-state index contributed by atoms with van der Waals surface area (Å²) in [4.78, 5) is 39.9. The van der Waals surface area contributed by atoms with Crippen molar-refractivity contribution in [1.82, 2.24) is 5.32 Å². The Morgan fingerprint density at radius 1 is 0.493 bits per heavy atom. The zero-order valence-electron chi connectivity index (χ0n) is 47.5. The molecule has 0 bridgehead atoms. The summed E-state index contributed by atoms with van der Waals surface area (Å²) < 4.78 is 30.2. The smallest absolute Gasteiger partial charge is 0.306 e. The average Bonchev–Trinajstić information content (AvgIpc) is 3.35. The van der Waals surface area contributed by atoms with Crippen molar-refractivity contribution in [1.29, 1.82) is 0 Å². The first kappa shape index (κ1) is 69.7. The molecule has 9 nitrogen and oxygen atoms in total. The molecule has 0 aliphatic carbocycles. The second-order valence-corrected chi connectivity index (χ2v) is 21.8. The quantitative estimate of drug-likeness (QED) is 0.0212. The minimum absolute atomic E-state index is 0.0367. The Bertz CT molecular complexity index is 1620. The van der Waals surface area contributed by atoms with Crippen LogP contribution in [0.1, 0.15) is 226 Å². The number of ether oxygens (including phenoxy) is 1. The van der Waals surface area contributed by atoms with Crippen LogP contribution in [-0.2, 0) is 27.9 Å². The molecule has 0 fully saturated rings. The first-order valence-corrected chi connectivity index (χ1v) is 30.7. The molecule has 0 spiro atoms. The van der Waals surface area contributed by atoms with E-state index in [9.17, 15) is 19.0 Å². The van der Waals surface area contributed by atoms with Gasteiger partial charge >= 0.3 is 5.97 Å². The van der Waals surface area contributed by atoms with Crippen molar-refractivity contribution in [2.75, 3.05) is 40.9 Å². The molecule has 1 amide bonds. The second-order valence-electron chi connectivity index (χ2n) is 20.4. The third kappa shape index (κ3) is 53.3. The van der Waals surface area contributed by atoms with E-state index in [1.807, 2.05) is 33.3 Å². The van der Waals surface area contributed by atoms with Crippen molar-refractivity contribution in [3.05, 3.63) is 109 Å². The van der Waals surface area contributed by atoms with Gasteiger partial charge in [-0.25, -0.2) is 0 Å². The maximum atomic E-state index is 13.5. The summed E-state index contributed by atoms with van der Waals surface area (Å²) in [6.07, 6.45) is 70.6. The fraction of sp³-hybridized carbons (Fsp3) is 0.683. The van der Waals surface area contributed by atoms with Gasteiger partial charge in [-0.15, -0.1) is 0 Å². The predicted octanol–water partition coefficient (Wildman–Crippen LogP) is 17.1. The number of nitrogens with zero attached hydrogens (tertiary/aromatic N) is 1. The van der Waals surface area contributed by atoms with Gasteiger partial charge in [0.25, 0.3) is 7.82 Å². The van der Waals surface area contributed by atoms with Crippen LogP contribution in [0.5, 0.6) is 0 Å². The number of carbonyl (C=O) groups is 2. The monoisotopic (exact) mass is 1040 g/mol. The van der Waals surface area contributed by atoms with E-state index in [0.29, 0.717) is 23.9 Å². The van der Waals surface area contributed by atoms with Gasteiger partial charge in [-0.1, -0.05) is 214 Å². The van der Waals surface area contributed by atoms with Gasteiger partial charge in [0.2, 0.25) is 5.91 Å². The molecule has 3 unspecified atom stereocenters. The molecule has 0 saturated heterocycles. The Hall–Kier alpha value is -3.33. The SMILES string of the molecule is CC/C=C\C/C=C\C/C=C\C/C=C\C/C=C\C/C=C\CCCCC(=O)OC(/C=C\CCCCCCCCCCCC)C(COP(=O)([O-])OCC[N+](C)(C)C)NC(=O)CCCCCCCCC/C=C/C/C=C/CC. The molecule has 0 rings (SSSR count). The number of unbranched alkanes of at least 4 members (excludes halogenated alkanes) is 19. The van der Waals surface area contributed by atoms with E-state index in [-0.39, 0.29) is 24.9 Å². The number of carbonyl (C=O) groups excluding carboxylic acids is 2. The first-order chi connectivity index (χ1) is 35.4. The van der Waals surface area contributed by atoms with Crippen molar-refractivity contribution < 1.29 is 37.3 Å². The summed E-state index contributed by atoms with van der Waals surface area (Å²) in [6, 6.07) is -0.916. The number of likely N-dealkylation sites (N-methyl/N-ethyl adjacent to an activating group) is 1. The average molecular weight is 1040 g/mol. The zero-order chi connectivity index (χ0) is 53.6. The molecule has 0 heterocycles. The molecule has 0 radical (unpaired) electrons. The molecule has 1 N–H and O–H groups in total. The Morgan fingerprint density at radius 2 is 0.877 bits per heavy atom. The number of allylic oxidation sites excluding steroid dienone is 17. The molecule has 0 aliphatic rings. The lowest BCUT2D eigenvalue weighted by Crippen LogP contribution is -2.47. The van der Waals surface area contributed by atoms with Crippen molar-refractivity contribution in [2.45, 2.75) is 238 Å². The lowest BCUT2D eigenvalue weighted by Gasteiger charge is -2.30. The third-order valence-electron chi connectivity index (χ3n) is 12.2. The normalized spacial score (nSPS) is 14.6. The molecule has 0 aliphatic heterocycles. The highest BCUT2D eigenvalue weighted by Crippen LogP contribution is 2.38. The van der Waals surface area contributed by atoms with E-state index in [0.717, 1.165) is 116 Å². The largest absolute Gasteiger partial charge is 0.756 e. The fourth-order valence-electron chi connectivity index (χ4n) is 7.74. The van der Waals surface area contributed by atoms with Crippen LogP contribution < -0.4 is 10.2 Å². The van der Waals surface area contributed by atoms with Gasteiger partial charge in [0.1, 0.15) is 19.3 Å². The number of rotatable bonds is 51. The number of phosphoric ester groups is 1. The number of phosphoric acid groups is 1. The standard InChI is InChI=1S/C63H109N2O7P/c1-7-10-13-16-19-22-25-28-30-31-32-33-34-35-36-38-41-44-47-50-53-56-63(67)72-61(54-51-48-45-42-39-27-24-21-18-15-12-9-3)60(59-71-73(68,69)70-58-57-65(4,5)6)64-62(66)55-52-49-46-43-40-37-29-26-23-20-17-14-11-8-2/h10-11,13-14,19-20,22-23,28,30,32-33,35-36,41,44,51,54,60-61H,7-9,12,15-18,21,24-27,29,31,34,37-40,42-43,45-50,52-53,55-59H2,1-6H3,(H-,64,66,68,69)/b13-10-,14-11+,22-19-,23-20+,30-28-,33-32-,36-35-,44-41-,54-51-. The van der Waals surface area contributed by atoms with Crippen LogP contribution >= 0.6 is 7.82 Å². The molecule has 0 aromatic carbocycles. The molecule has 418 valence electrons. The molecule has 3 atom stereocenters. The first-order valence-electron chi connectivity index (χ1n) is 29.2. The zero-order valence-corrected chi connectivity index (χ0v) is 48.4. The van der Waals surface area contributed by atoms with Crippen molar-refractivity contribution in [3.63, 3.8) is 0 Å². The van der Waals surface area contributed by atoms with Crippen LogP contribution in [0, 0.1) is 0 Å². The number of amides is 1. The van der Waals surface area contributed by atoms with Gasteiger partial charge in [-0.05, 0) is 109 Å². The third-order valence-corrected chi connectivity index (χ3v) is 13.2. The Balaban J connectivity index is 5.40. The molecule has 0 aromatic heterocycles. The summed E-state index contributed by atoms with van der Waals surface area (Å²) in [7, 11) is 1.14. The number of nitrogens with one attached hydrogen (secondary N) is 1. The summed E-state index contributed by atoms with van der Waals surface area (Å²) >= 11 is 0. The Kier molecular flexibility index (Phi) is 49.7. The van der Waals surface area contributed by atoms with E-state index < -0.39 is 26.6 Å². The maximum Gasteiger partial charge on any atom is 0.306 e. The lowest BCUT2D eigenvalue weighted by molar-refractivity contribution is -0.870. The Morgan fingerprint density at radius 3 is 1.33 bits per heavy atom. The summed E-state index contributed by atoms with van der Waals surface area (Å²) in [6.45, 7) is 6.56. The summed E-state index contributed by atoms with van der Waals surface area (Å²) in [5.74, 6) is -0.610. The van der Waals surface area contributed by atoms with E-state index in [2.05, 4.69) is 123 Å². The minimum atomic E-state index is -4.71. The molecule has 10 heteroatoms. The number of quaternary nitrogens is 1. The number of hydrogen-bond acceptors (Lipinski definition) is 7. The lowest BCUT2D eigenvalue weighted by atomic mass is 10.0. The van der Waals surface area contributed by atoms with Gasteiger partial charge in [0, 0.05) is 12.8 Å². The molecule has 0 saturated carbocycles. The van der Waals surface area contributed by atoms with E-state index in [4.69, 9.17) is 13.8 Å². The highest BCUT2D eigenvalue weighted by Gasteiger charge is 2.27. The second kappa shape index (κ2) is 52.1. The van der Waals surface area contributed by atoms with Gasteiger partial charge in [-0.2, -0.15) is 0 Å². The van der Waals surface area contributed by atoms with E-state index >= 15 is 0 Å². The highest BCUT2D eigenvalue weighted by molar-refractivity contribution is 7.45. The van der Waals surface area contributed by atoms with Crippen molar-refractivity contribution >= 4 is 19.7 Å². The molecule has 73 heavy (non-hydrogen) atoms. The van der Waals surface area contributed by atoms with Crippen LogP contribution in [0.4, 0.5) is 0 Å². The molecular weight excluding hydrogens is 928 g/mol. The topological polar surface area (TPSA) is 114 Å². The van der Waals surface area contributed by atoms with Gasteiger partial charge in [0.05, 0.1) is 33.8 Å². The molecular formula is C63H109N2O7P. The fourth-order valence-corrected chi connectivity index (χ4v) is 8.46. The highest BCUT2D eigenvalue weighted by atomic mass is 31.2. The maximum absolute atomic E-state index is 13.5. The summed E-state index contributed by atoms with van der Waals surface area (Å²) in [5.41, 5.74) is 0. The van der Waals surface area contributed by atoms with Crippen molar-refractivity contribution in [2.24, 2.45) is 0 Å². The van der Waals surface area contributed by atoms with Crippen LogP contribution in [0.2, 0.25) is 0 Å². The summed E-state index contributed by atoms with van der Waals surface area (Å²) in [5, 5.41) is 3.00. The minimum Gasteiger partial charge on any atom is -0.756 e. The van der Waals surface area contributed by atoms with Crippen LogP contribution in [0.25, 0.3) is 0 Å². The van der Waals surface area contributed by atoms with Gasteiger partial charge < -0.3 is 28.5 Å². The number of hydrogen-bond donors (Lipinski definition) is 1. The van der Waals surface area contributed by atoms with Gasteiger partial charge in [-0.3, -0.25) is 14.2 Å². The van der Waals surface area contributed by atoms with Crippen LogP contribution in [0.3, 0.4) is 0 Å². The molecule has 0 aromatic rings. The Labute approximate surface area is 449 Å². The number of esters is 1. The van der Waals surface area contributed by atoms with E-state index in [1.165, 1.54) is 70.6 Å². The predicted molar refractivity (Wildman–Crippen MR) is 311 cm³/mol. The van der Waals surface area contributed by atoms with Gasteiger partial charge in [0.15, 0.2) is 0 Å².